The lowest BCUT2D eigenvalue weighted by Gasteiger charge is -2.21. The third-order valence-corrected chi connectivity index (χ3v) is 2.72. The van der Waals surface area contributed by atoms with Crippen molar-refractivity contribution in [1.82, 2.24) is 4.90 Å². The van der Waals surface area contributed by atoms with Gasteiger partial charge < -0.3 is 10.2 Å². The van der Waals surface area contributed by atoms with Crippen LogP contribution < -0.4 is 5.32 Å². The molecule has 102 valence electrons. The Morgan fingerprint density at radius 3 is 2.58 bits per heavy atom. The van der Waals surface area contributed by atoms with Crippen LogP contribution >= 0.6 is 0 Å². The molecule has 0 aromatic heterocycles. The van der Waals surface area contributed by atoms with Crippen LogP contribution in [-0.2, 0) is 0 Å². The number of hydrogen-bond acceptors (Lipinski definition) is 3. The number of rotatable bonds is 5. The van der Waals surface area contributed by atoms with Gasteiger partial charge in [0.05, 0.1) is 17.6 Å². The molecule has 1 unspecified atom stereocenters. The lowest BCUT2D eigenvalue weighted by atomic mass is 10.1. The largest absolute Gasteiger partial charge is 0.382 e. The van der Waals surface area contributed by atoms with Gasteiger partial charge in [-0.25, -0.2) is 0 Å². The second kappa shape index (κ2) is 6.79. The first-order chi connectivity index (χ1) is 8.95. The number of carbonyl (C=O) groups excluding carboxylic acids is 1. The smallest absolute Gasteiger partial charge is 0.255 e. The average Bonchev–Trinajstić information content (AvgIpc) is 2.37. The third kappa shape index (κ3) is 4.29. The van der Waals surface area contributed by atoms with Crippen molar-refractivity contribution in [3.8, 4) is 6.07 Å². The van der Waals surface area contributed by atoms with Gasteiger partial charge in [-0.2, -0.15) is 5.26 Å². The number of amides is 1. The normalized spacial score (nSPS) is 11.8. The Balaban J connectivity index is 2.90. The zero-order valence-corrected chi connectivity index (χ0v) is 12.0. The second-order valence-electron chi connectivity index (χ2n) is 5.06. The molecule has 19 heavy (non-hydrogen) atoms. The summed E-state index contributed by atoms with van der Waals surface area (Å²) in [7, 11) is 1.72. The zero-order valence-electron chi connectivity index (χ0n) is 12.0. The lowest BCUT2D eigenvalue weighted by Crippen LogP contribution is -2.31. The average molecular weight is 259 g/mol. The molecule has 1 atom stereocenters. The van der Waals surface area contributed by atoms with Crippen LogP contribution in [-0.4, -0.2) is 30.4 Å². The number of benzene rings is 1. The van der Waals surface area contributed by atoms with E-state index in [0.717, 1.165) is 5.69 Å². The molecule has 1 rings (SSSR count). The Labute approximate surface area is 115 Å². The van der Waals surface area contributed by atoms with E-state index in [2.05, 4.69) is 11.4 Å². The lowest BCUT2D eigenvalue weighted by molar-refractivity contribution is 0.0786. The molecule has 0 saturated heterocycles. The van der Waals surface area contributed by atoms with Crippen molar-refractivity contribution in [1.29, 1.82) is 5.26 Å². The Morgan fingerprint density at radius 1 is 1.37 bits per heavy atom. The molecule has 0 saturated carbocycles. The highest BCUT2D eigenvalue weighted by Crippen LogP contribution is 2.18. The van der Waals surface area contributed by atoms with Crippen LogP contribution in [0.5, 0.6) is 0 Å². The molecule has 0 spiro atoms. The number of carbonyl (C=O) groups is 1. The van der Waals surface area contributed by atoms with E-state index in [9.17, 15) is 4.79 Å². The highest BCUT2D eigenvalue weighted by Gasteiger charge is 2.17. The molecule has 0 aliphatic carbocycles. The molecular formula is C15H21N3O. The van der Waals surface area contributed by atoms with Crippen LogP contribution in [0.25, 0.3) is 0 Å². The van der Waals surface area contributed by atoms with Crippen LogP contribution in [0.15, 0.2) is 24.3 Å². The van der Waals surface area contributed by atoms with E-state index < -0.39 is 0 Å². The Bertz CT molecular complexity index is 477. The van der Waals surface area contributed by atoms with Crippen LogP contribution in [0.4, 0.5) is 5.69 Å². The van der Waals surface area contributed by atoms with Gasteiger partial charge in [-0.15, -0.1) is 0 Å². The van der Waals surface area contributed by atoms with Crippen LogP contribution in [0.3, 0.4) is 0 Å². The molecule has 0 heterocycles. The fourth-order valence-electron chi connectivity index (χ4n) is 1.85. The van der Waals surface area contributed by atoms with Crippen molar-refractivity contribution in [3.63, 3.8) is 0 Å². The molecule has 1 aromatic carbocycles. The SMILES string of the molecule is CC(C#N)CN(C)C(=O)c1ccccc1NC(C)C. The predicted octanol–water partition coefficient (Wildman–Crippen LogP) is 2.74. The fraction of sp³-hybridized carbons (Fsp3) is 0.467. The van der Waals surface area contributed by atoms with Gasteiger partial charge in [0, 0.05) is 25.3 Å². The van der Waals surface area contributed by atoms with Gasteiger partial charge in [0.1, 0.15) is 0 Å². The molecule has 0 aliphatic rings. The minimum Gasteiger partial charge on any atom is -0.382 e. The van der Waals surface area contributed by atoms with Gasteiger partial charge in [-0.1, -0.05) is 12.1 Å². The van der Waals surface area contributed by atoms with Crippen molar-refractivity contribution >= 4 is 11.6 Å². The second-order valence-corrected chi connectivity index (χ2v) is 5.06. The van der Waals surface area contributed by atoms with Gasteiger partial charge in [-0.05, 0) is 32.9 Å². The summed E-state index contributed by atoms with van der Waals surface area (Å²) in [6.07, 6.45) is 0. The maximum atomic E-state index is 12.4. The minimum absolute atomic E-state index is 0.0640. The first kappa shape index (κ1) is 15.0. The van der Waals surface area contributed by atoms with Crippen LogP contribution in [0.1, 0.15) is 31.1 Å². The highest BCUT2D eigenvalue weighted by atomic mass is 16.2. The highest BCUT2D eigenvalue weighted by molar-refractivity contribution is 5.99. The van der Waals surface area contributed by atoms with E-state index in [4.69, 9.17) is 5.26 Å². The van der Waals surface area contributed by atoms with E-state index >= 15 is 0 Å². The van der Waals surface area contributed by atoms with E-state index in [1.165, 1.54) is 0 Å². The van der Waals surface area contributed by atoms with Crippen molar-refractivity contribution in [2.45, 2.75) is 26.8 Å². The molecule has 0 bridgehead atoms. The van der Waals surface area contributed by atoms with Crippen LogP contribution in [0.2, 0.25) is 0 Å². The van der Waals surface area contributed by atoms with Gasteiger partial charge >= 0.3 is 0 Å². The van der Waals surface area contributed by atoms with E-state index in [-0.39, 0.29) is 17.9 Å². The summed E-state index contributed by atoms with van der Waals surface area (Å²) in [6.45, 7) is 6.30. The first-order valence-corrected chi connectivity index (χ1v) is 6.46. The summed E-state index contributed by atoms with van der Waals surface area (Å²) in [4.78, 5) is 14.0. The molecule has 1 amide bonds. The Kier molecular flexibility index (Phi) is 5.37. The molecule has 1 N–H and O–H groups in total. The van der Waals surface area contributed by atoms with Gasteiger partial charge in [0.2, 0.25) is 0 Å². The fourth-order valence-corrected chi connectivity index (χ4v) is 1.85. The Hall–Kier alpha value is -2.02. The number of nitrogens with one attached hydrogen (secondary N) is 1. The molecular weight excluding hydrogens is 238 g/mol. The number of para-hydroxylation sites is 1. The van der Waals surface area contributed by atoms with Crippen LogP contribution in [0, 0.1) is 17.2 Å². The van der Waals surface area contributed by atoms with E-state index in [1.807, 2.05) is 39.0 Å². The van der Waals surface area contributed by atoms with Crippen molar-refractivity contribution in [2.75, 3.05) is 18.9 Å². The molecule has 1 aromatic rings. The summed E-state index contributed by atoms with van der Waals surface area (Å²) in [5, 5.41) is 12.1. The summed E-state index contributed by atoms with van der Waals surface area (Å²) in [5.41, 5.74) is 1.47. The maximum Gasteiger partial charge on any atom is 0.255 e. The summed E-state index contributed by atoms with van der Waals surface area (Å²) in [5.74, 6) is -0.231. The Morgan fingerprint density at radius 2 is 2.00 bits per heavy atom. The topological polar surface area (TPSA) is 56.1 Å². The molecule has 0 fully saturated rings. The molecule has 0 radical (unpaired) electrons. The number of nitrogens with zero attached hydrogens (tertiary/aromatic N) is 2. The minimum atomic E-state index is -0.167. The summed E-state index contributed by atoms with van der Waals surface area (Å²) in [6, 6.07) is 9.85. The van der Waals surface area contributed by atoms with Crippen molar-refractivity contribution in [3.05, 3.63) is 29.8 Å². The number of nitriles is 1. The number of hydrogen-bond donors (Lipinski definition) is 1. The monoisotopic (exact) mass is 259 g/mol. The third-order valence-electron chi connectivity index (χ3n) is 2.72. The zero-order chi connectivity index (χ0) is 14.4. The van der Waals surface area contributed by atoms with Gasteiger partial charge in [0.15, 0.2) is 0 Å². The van der Waals surface area contributed by atoms with Crippen molar-refractivity contribution in [2.24, 2.45) is 5.92 Å². The quantitative estimate of drug-likeness (QED) is 0.884. The summed E-state index contributed by atoms with van der Waals surface area (Å²) < 4.78 is 0. The first-order valence-electron chi connectivity index (χ1n) is 6.46. The van der Waals surface area contributed by atoms with Gasteiger partial charge in [-0.3, -0.25) is 4.79 Å². The molecule has 4 heteroatoms. The van der Waals surface area contributed by atoms with E-state index in [1.54, 1.807) is 18.0 Å². The predicted molar refractivity (Wildman–Crippen MR) is 76.9 cm³/mol. The van der Waals surface area contributed by atoms with E-state index in [0.29, 0.717) is 12.1 Å². The summed E-state index contributed by atoms with van der Waals surface area (Å²) >= 11 is 0. The number of anilines is 1. The maximum absolute atomic E-state index is 12.4. The standard InChI is InChI=1S/C15H21N3O/c1-11(2)17-14-8-6-5-7-13(14)15(19)18(4)10-12(3)9-16/h5-8,11-12,17H,10H2,1-4H3. The van der Waals surface area contributed by atoms with Gasteiger partial charge in [0.25, 0.3) is 5.91 Å². The molecule has 4 nitrogen and oxygen atoms in total. The van der Waals surface area contributed by atoms with Crippen molar-refractivity contribution < 1.29 is 4.79 Å². The molecule has 0 aliphatic heterocycles.